The van der Waals surface area contributed by atoms with E-state index in [1.807, 2.05) is 60.4 Å². The Morgan fingerprint density at radius 3 is 2.04 bits per heavy atom. The van der Waals surface area contributed by atoms with Gasteiger partial charge in [0, 0.05) is 37.3 Å². The van der Waals surface area contributed by atoms with Gasteiger partial charge in [-0.25, -0.2) is 0 Å². The molecule has 0 saturated heterocycles. The third-order valence-electron chi connectivity index (χ3n) is 4.78. The van der Waals surface area contributed by atoms with Crippen LogP contribution in [-0.2, 0) is 14.3 Å². The Balaban J connectivity index is 2.53. The van der Waals surface area contributed by atoms with Crippen LogP contribution in [0.4, 0.5) is 0 Å². The molecule has 0 aromatic rings. The topological polar surface area (TPSA) is 46.6 Å². The zero-order valence-electron chi connectivity index (χ0n) is 17.0. The standard InChI is InChI=1S/C20H37NO3/c1-15(2)24-14-20(9-10-20)13-21(8)17(23)12-19(6,7)11-16(22)18(3,4)5/h15H,9-14H2,1-8H3. The first-order valence-corrected chi connectivity index (χ1v) is 9.15. The van der Waals surface area contributed by atoms with Gasteiger partial charge in [-0.3, -0.25) is 9.59 Å². The van der Waals surface area contributed by atoms with Crippen LogP contribution in [0.15, 0.2) is 0 Å². The maximum atomic E-state index is 12.6. The summed E-state index contributed by atoms with van der Waals surface area (Å²) < 4.78 is 5.76. The Hall–Kier alpha value is -0.900. The number of ether oxygens (including phenoxy) is 1. The van der Waals surface area contributed by atoms with Crippen molar-refractivity contribution in [3.63, 3.8) is 0 Å². The molecule has 4 nitrogen and oxygen atoms in total. The largest absolute Gasteiger partial charge is 0.378 e. The average Bonchev–Trinajstić information content (AvgIpc) is 3.14. The highest BCUT2D eigenvalue weighted by Gasteiger charge is 2.45. The molecule has 4 heteroatoms. The number of rotatable bonds is 9. The van der Waals surface area contributed by atoms with Gasteiger partial charge in [-0.1, -0.05) is 34.6 Å². The fraction of sp³-hybridized carbons (Fsp3) is 0.900. The summed E-state index contributed by atoms with van der Waals surface area (Å²) in [6, 6.07) is 0. The molecule has 0 aromatic heterocycles. The second kappa shape index (κ2) is 7.55. The number of nitrogens with zero attached hydrogens (tertiary/aromatic N) is 1. The molecule has 0 spiro atoms. The van der Waals surface area contributed by atoms with Crippen LogP contribution in [0.2, 0.25) is 0 Å². The van der Waals surface area contributed by atoms with E-state index >= 15 is 0 Å². The molecule has 0 aromatic carbocycles. The van der Waals surface area contributed by atoms with Crippen LogP contribution in [0, 0.1) is 16.2 Å². The van der Waals surface area contributed by atoms with E-state index in [-0.39, 0.29) is 34.0 Å². The van der Waals surface area contributed by atoms with Crippen molar-refractivity contribution in [1.29, 1.82) is 0 Å². The van der Waals surface area contributed by atoms with Crippen LogP contribution in [-0.4, -0.2) is 42.9 Å². The Kier molecular flexibility index (Phi) is 6.65. The molecule has 0 bridgehead atoms. The molecular weight excluding hydrogens is 302 g/mol. The minimum atomic E-state index is -0.349. The second-order valence-electron chi connectivity index (χ2n) is 9.80. The fourth-order valence-electron chi connectivity index (χ4n) is 2.77. The van der Waals surface area contributed by atoms with Crippen molar-refractivity contribution in [1.82, 2.24) is 4.90 Å². The molecule has 1 aliphatic carbocycles. The summed E-state index contributed by atoms with van der Waals surface area (Å²) in [6.07, 6.45) is 3.34. The first-order chi connectivity index (χ1) is 10.8. The quantitative estimate of drug-likeness (QED) is 0.636. The number of amides is 1. The Labute approximate surface area is 148 Å². The van der Waals surface area contributed by atoms with E-state index in [4.69, 9.17) is 4.74 Å². The predicted octanol–water partition coefficient (Wildman–Crippen LogP) is 4.07. The van der Waals surface area contributed by atoms with E-state index in [1.54, 1.807) is 0 Å². The van der Waals surface area contributed by atoms with Crippen molar-refractivity contribution in [3.05, 3.63) is 0 Å². The van der Waals surface area contributed by atoms with Crippen LogP contribution in [0.25, 0.3) is 0 Å². The summed E-state index contributed by atoms with van der Waals surface area (Å²) in [4.78, 5) is 26.7. The van der Waals surface area contributed by atoms with Gasteiger partial charge < -0.3 is 9.64 Å². The maximum absolute atomic E-state index is 12.6. The van der Waals surface area contributed by atoms with Gasteiger partial charge in [0.1, 0.15) is 5.78 Å². The molecule has 0 N–H and O–H groups in total. The molecule has 140 valence electrons. The lowest BCUT2D eigenvalue weighted by Crippen LogP contribution is -2.38. The number of carbonyl (C=O) groups is 2. The number of ketones is 1. The highest BCUT2D eigenvalue weighted by atomic mass is 16.5. The van der Waals surface area contributed by atoms with Gasteiger partial charge in [0.05, 0.1) is 12.7 Å². The van der Waals surface area contributed by atoms with E-state index < -0.39 is 0 Å². The Bertz CT molecular complexity index is 456. The van der Waals surface area contributed by atoms with Gasteiger partial charge in [-0.05, 0) is 32.1 Å². The lowest BCUT2D eigenvalue weighted by Gasteiger charge is -2.31. The lowest BCUT2D eigenvalue weighted by molar-refractivity contribution is -0.134. The second-order valence-corrected chi connectivity index (χ2v) is 9.80. The third-order valence-corrected chi connectivity index (χ3v) is 4.78. The fourth-order valence-corrected chi connectivity index (χ4v) is 2.77. The molecule has 1 amide bonds. The summed E-state index contributed by atoms with van der Waals surface area (Å²) in [5.74, 6) is 0.337. The molecule has 1 fully saturated rings. The van der Waals surface area contributed by atoms with E-state index in [2.05, 4.69) is 0 Å². The molecule has 0 heterocycles. The van der Waals surface area contributed by atoms with Gasteiger partial charge in [0.25, 0.3) is 0 Å². The molecule has 0 unspecified atom stereocenters. The van der Waals surface area contributed by atoms with Crippen LogP contribution >= 0.6 is 0 Å². The van der Waals surface area contributed by atoms with Crippen molar-refractivity contribution in [2.24, 2.45) is 16.2 Å². The van der Waals surface area contributed by atoms with Crippen LogP contribution < -0.4 is 0 Å². The number of carbonyl (C=O) groups excluding carboxylic acids is 2. The first kappa shape index (κ1) is 21.1. The molecular formula is C20H37NO3. The third kappa shape index (κ3) is 6.92. The monoisotopic (exact) mass is 339 g/mol. The summed E-state index contributed by atoms with van der Waals surface area (Å²) in [6.45, 7) is 15.4. The van der Waals surface area contributed by atoms with Gasteiger partial charge in [0.15, 0.2) is 0 Å². The normalized spacial score (nSPS) is 17.0. The highest BCUT2D eigenvalue weighted by Crippen LogP contribution is 2.46. The summed E-state index contributed by atoms with van der Waals surface area (Å²) in [5, 5.41) is 0. The molecule has 1 aliphatic rings. The molecule has 0 radical (unpaired) electrons. The summed E-state index contributed by atoms with van der Waals surface area (Å²) in [7, 11) is 1.87. The first-order valence-electron chi connectivity index (χ1n) is 9.15. The number of Topliss-reactive ketones (excluding diaryl/α,β-unsaturated/α-hetero) is 1. The van der Waals surface area contributed by atoms with Crippen LogP contribution in [0.1, 0.15) is 74.1 Å². The van der Waals surface area contributed by atoms with Gasteiger partial charge in [-0.15, -0.1) is 0 Å². The maximum Gasteiger partial charge on any atom is 0.222 e. The van der Waals surface area contributed by atoms with Crippen molar-refractivity contribution < 1.29 is 14.3 Å². The van der Waals surface area contributed by atoms with Crippen LogP contribution in [0.5, 0.6) is 0 Å². The van der Waals surface area contributed by atoms with Crippen molar-refractivity contribution in [2.75, 3.05) is 20.2 Å². The van der Waals surface area contributed by atoms with Crippen molar-refractivity contribution >= 4 is 11.7 Å². The average molecular weight is 340 g/mol. The molecule has 1 rings (SSSR count). The minimum absolute atomic E-state index is 0.123. The Morgan fingerprint density at radius 1 is 1.08 bits per heavy atom. The number of hydrogen-bond donors (Lipinski definition) is 0. The Morgan fingerprint density at radius 2 is 1.62 bits per heavy atom. The summed E-state index contributed by atoms with van der Waals surface area (Å²) in [5.41, 5.74) is -0.501. The van der Waals surface area contributed by atoms with Crippen molar-refractivity contribution in [3.8, 4) is 0 Å². The summed E-state index contributed by atoms with van der Waals surface area (Å²) >= 11 is 0. The van der Waals surface area contributed by atoms with E-state index in [9.17, 15) is 9.59 Å². The van der Waals surface area contributed by atoms with E-state index in [0.717, 1.165) is 26.0 Å². The van der Waals surface area contributed by atoms with Gasteiger partial charge in [0.2, 0.25) is 5.91 Å². The molecule has 0 aliphatic heterocycles. The van der Waals surface area contributed by atoms with Gasteiger partial charge in [-0.2, -0.15) is 0 Å². The SMILES string of the molecule is CC(C)OCC1(CN(C)C(=O)CC(C)(C)CC(=O)C(C)(C)C)CC1. The molecule has 24 heavy (non-hydrogen) atoms. The lowest BCUT2D eigenvalue weighted by atomic mass is 9.77. The molecule has 1 saturated carbocycles. The molecule has 0 atom stereocenters. The highest BCUT2D eigenvalue weighted by molar-refractivity contribution is 5.85. The predicted molar refractivity (Wildman–Crippen MR) is 97.9 cm³/mol. The van der Waals surface area contributed by atoms with E-state index in [0.29, 0.717) is 12.8 Å². The minimum Gasteiger partial charge on any atom is -0.378 e. The van der Waals surface area contributed by atoms with Crippen molar-refractivity contribution in [2.45, 2.75) is 80.3 Å². The smallest absolute Gasteiger partial charge is 0.222 e. The zero-order valence-corrected chi connectivity index (χ0v) is 17.0. The number of hydrogen-bond acceptors (Lipinski definition) is 3. The van der Waals surface area contributed by atoms with Crippen LogP contribution in [0.3, 0.4) is 0 Å². The van der Waals surface area contributed by atoms with E-state index in [1.165, 1.54) is 0 Å². The zero-order chi connectivity index (χ0) is 18.8. The van der Waals surface area contributed by atoms with Gasteiger partial charge >= 0.3 is 0 Å².